The van der Waals surface area contributed by atoms with Crippen molar-refractivity contribution >= 4 is 5.91 Å². The third kappa shape index (κ3) is 3.86. The maximum Gasteiger partial charge on any atom is 0.309 e. The van der Waals surface area contributed by atoms with E-state index in [2.05, 4.69) is 47.4 Å². The Morgan fingerprint density at radius 3 is 2.66 bits per heavy atom. The van der Waals surface area contributed by atoms with Gasteiger partial charge in [-0.2, -0.15) is 0 Å². The van der Waals surface area contributed by atoms with Crippen molar-refractivity contribution in [2.24, 2.45) is 0 Å². The summed E-state index contributed by atoms with van der Waals surface area (Å²) in [5, 5.41) is 10.1. The van der Waals surface area contributed by atoms with Crippen molar-refractivity contribution in [2.45, 2.75) is 58.0 Å². The Hall–Kier alpha value is -2.92. The van der Waals surface area contributed by atoms with Crippen molar-refractivity contribution in [3.8, 4) is 11.1 Å². The molecule has 0 radical (unpaired) electrons. The third-order valence-electron chi connectivity index (χ3n) is 6.91. The van der Waals surface area contributed by atoms with Gasteiger partial charge in [0.25, 0.3) is 5.89 Å². The fourth-order valence-electron chi connectivity index (χ4n) is 5.00. The standard InChI is InChI=1S/C27H30N2O3/c1-3-25-17(2)28-26(32-25)27(31)29-13-12-20(15-29)22-11-10-19(14-21(22)16-30)24-7-5-4-6-23(24)18-8-9-18/h4-7,10-11,14,18,20,30H,3,8-9,12-13,15-16H2,1-2H3. The Labute approximate surface area is 189 Å². The van der Waals surface area contributed by atoms with Crippen molar-refractivity contribution in [3.63, 3.8) is 0 Å². The van der Waals surface area contributed by atoms with Gasteiger partial charge >= 0.3 is 5.91 Å². The minimum absolute atomic E-state index is 0.00197. The molecule has 1 aromatic heterocycles. The first-order valence-corrected chi connectivity index (χ1v) is 11.7. The Morgan fingerprint density at radius 1 is 1.12 bits per heavy atom. The Morgan fingerprint density at radius 2 is 1.94 bits per heavy atom. The van der Waals surface area contributed by atoms with Gasteiger partial charge in [-0.3, -0.25) is 4.79 Å². The zero-order valence-electron chi connectivity index (χ0n) is 18.8. The van der Waals surface area contributed by atoms with Crippen LogP contribution in [-0.2, 0) is 13.0 Å². The number of carbonyl (C=O) groups is 1. The molecule has 3 aromatic rings. The van der Waals surface area contributed by atoms with Gasteiger partial charge in [0.1, 0.15) is 5.76 Å². The van der Waals surface area contributed by atoms with E-state index in [9.17, 15) is 9.90 Å². The number of oxazole rings is 1. The molecule has 5 rings (SSSR count). The molecule has 1 saturated carbocycles. The van der Waals surface area contributed by atoms with Crippen LogP contribution >= 0.6 is 0 Å². The first kappa shape index (κ1) is 21.0. The number of likely N-dealkylation sites (tertiary alicyclic amines) is 1. The SMILES string of the molecule is CCc1oc(C(=O)N2CCC(c3ccc(-c4ccccc4C4CC4)cc3CO)C2)nc1C. The molecule has 1 unspecified atom stereocenters. The van der Waals surface area contributed by atoms with E-state index in [0.29, 0.717) is 19.0 Å². The monoisotopic (exact) mass is 430 g/mol. The molecule has 5 nitrogen and oxygen atoms in total. The molecule has 2 aromatic carbocycles. The summed E-state index contributed by atoms with van der Waals surface area (Å²) in [4.78, 5) is 19.1. The molecule has 1 aliphatic heterocycles. The molecule has 5 heteroatoms. The van der Waals surface area contributed by atoms with Gasteiger partial charge in [-0.05, 0) is 66.0 Å². The Bertz CT molecular complexity index is 1150. The largest absolute Gasteiger partial charge is 0.437 e. The van der Waals surface area contributed by atoms with E-state index in [0.717, 1.165) is 41.0 Å². The summed E-state index contributed by atoms with van der Waals surface area (Å²) in [6.07, 6.45) is 4.12. The predicted octanol–water partition coefficient (Wildman–Crippen LogP) is 5.21. The number of aromatic nitrogens is 1. The van der Waals surface area contributed by atoms with Crippen LogP contribution in [0, 0.1) is 6.92 Å². The number of amides is 1. The molecule has 0 bridgehead atoms. The minimum Gasteiger partial charge on any atom is -0.437 e. The first-order valence-electron chi connectivity index (χ1n) is 11.7. The number of benzene rings is 2. The average molecular weight is 431 g/mol. The van der Waals surface area contributed by atoms with Crippen molar-refractivity contribution in [1.29, 1.82) is 0 Å². The van der Waals surface area contributed by atoms with Crippen LogP contribution in [0.25, 0.3) is 11.1 Å². The fourth-order valence-corrected chi connectivity index (χ4v) is 5.00. The number of aliphatic hydroxyl groups is 1. The summed E-state index contributed by atoms with van der Waals surface area (Å²) in [6.45, 7) is 5.16. The molecule has 2 fully saturated rings. The lowest BCUT2D eigenvalue weighted by atomic mass is 9.89. The van der Waals surface area contributed by atoms with Crippen molar-refractivity contribution in [3.05, 3.63) is 76.5 Å². The second-order valence-electron chi connectivity index (χ2n) is 9.05. The van der Waals surface area contributed by atoms with Gasteiger partial charge in [-0.1, -0.05) is 43.3 Å². The summed E-state index contributed by atoms with van der Waals surface area (Å²) in [5.74, 6) is 1.69. The zero-order valence-corrected chi connectivity index (χ0v) is 18.8. The van der Waals surface area contributed by atoms with Crippen molar-refractivity contribution in [1.82, 2.24) is 9.88 Å². The summed E-state index contributed by atoms with van der Waals surface area (Å²) in [5.41, 5.74) is 6.71. The van der Waals surface area contributed by atoms with E-state index in [4.69, 9.17) is 4.42 Å². The molecule has 2 aliphatic rings. The quantitative estimate of drug-likeness (QED) is 0.583. The highest BCUT2D eigenvalue weighted by molar-refractivity contribution is 5.90. The van der Waals surface area contributed by atoms with Gasteiger partial charge in [0, 0.05) is 25.4 Å². The summed E-state index contributed by atoms with van der Waals surface area (Å²) in [6, 6.07) is 15.1. The topological polar surface area (TPSA) is 66.6 Å². The highest BCUT2D eigenvalue weighted by atomic mass is 16.4. The lowest BCUT2D eigenvalue weighted by Gasteiger charge is -2.18. The molecule has 1 atom stereocenters. The average Bonchev–Trinajstić information content (AvgIpc) is 3.44. The molecule has 0 spiro atoms. The second-order valence-corrected chi connectivity index (χ2v) is 9.05. The predicted molar refractivity (Wildman–Crippen MR) is 124 cm³/mol. The van der Waals surface area contributed by atoms with Crippen LogP contribution in [0.5, 0.6) is 0 Å². The third-order valence-corrected chi connectivity index (χ3v) is 6.91. The van der Waals surface area contributed by atoms with E-state index in [1.54, 1.807) is 0 Å². The van der Waals surface area contributed by atoms with Crippen LogP contribution in [-0.4, -0.2) is 34.0 Å². The van der Waals surface area contributed by atoms with Gasteiger partial charge in [0.2, 0.25) is 0 Å². The normalized spacial score (nSPS) is 18.3. The van der Waals surface area contributed by atoms with Gasteiger partial charge in [-0.15, -0.1) is 0 Å². The number of rotatable bonds is 6. The summed E-state index contributed by atoms with van der Waals surface area (Å²) in [7, 11) is 0. The molecule has 1 saturated heterocycles. The molecule has 1 aliphatic carbocycles. The molecule has 1 N–H and O–H groups in total. The lowest BCUT2D eigenvalue weighted by Crippen LogP contribution is -2.28. The van der Waals surface area contributed by atoms with Crippen LogP contribution in [0.2, 0.25) is 0 Å². The molecular formula is C27H30N2O3. The van der Waals surface area contributed by atoms with E-state index in [-0.39, 0.29) is 24.3 Å². The number of carbonyl (C=O) groups excluding carboxylic acids is 1. The molecule has 1 amide bonds. The van der Waals surface area contributed by atoms with Crippen molar-refractivity contribution in [2.75, 3.05) is 13.1 Å². The van der Waals surface area contributed by atoms with Crippen LogP contribution in [0.4, 0.5) is 0 Å². The molecule has 166 valence electrons. The number of aliphatic hydroxyl groups excluding tert-OH is 1. The lowest BCUT2D eigenvalue weighted by molar-refractivity contribution is 0.0749. The molecule has 2 heterocycles. The number of hydrogen-bond donors (Lipinski definition) is 1. The van der Waals surface area contributed by atoms with E-state index in [1.165, 1.54) is 24.0 Å². The minimum atomic E-state index is -0.143. The van der Waals surface area contributed by atoms with Crippen LogP contribution in [0.15, 0.2) is 46.9 Å². The highest BCUT2D eigenvalue weighted by Gasteiger charge is 2.32. The smallest absolute Gasteiger partial charge is 0.309 e. The fraction of sp³-hybridized carbons (Fsp3) is 0.407. The van der Waals surface area contributed by atoms with E-state index >= 15 is 0 Å². The van der Waals surface area contributed by atoms with Crippen LogP contribution < -0.4 is 0 Å². The second kappa shape index (κ2) is 8.55. The first-order chi connectivity index (χ1) is 15.6. The van der Waals surface area contributed by atoms with E-state index < -0.39 is 0 Å². The summed E-state index contributed by atoms with van der Waals surface area (Å²) < 4.78 is 5.68. The molecule has 32 heavy (non-hydrogen) atoms. The van der Waals surface area contributed by atoms with Gasteiger partial charge in [0.15, 0.2) is 0 Å². The van der Waals surface area contributed by atoms with Gasteiger partial charge < -0.3 is 14.4 Å². The van der Waals surface area contributed by atoms with Gasteiger partial charge in [-0.25, -0.2) is 4.98 Å². The highest BCUT2D eigenvalue weighted by Crippen LogP contribution is 2.44. The molecular weight excluding hydrogens is 400 g/mol. The van der Waals surface area contributed by atoms with Crippen LogP contribution in [0.1, 0.15) is 76.9 Å². The number of hydrogen-bond acceptors (Lipinski definition) is 4. The van der Waals surface area contributed by atoms with Gasteiger partial charge in [0.05, 0.1) is 12.3 Å². The number of nitrogens with zero attached hydrogens (tertiary/aromatic N) is 2. The van der Waals surface area contributed by atoms with Crippen molar-refractivity contribution < 1.29 is 14.3 Å². The van der Waals surface area contributed by atoms with Crippen LogP contribution in [0.3, 0.4) is 0 Å². The number of aryl methyl sites for hydroxylation is 2. The zero-order chi connectivity index (χ0) is 22.2. The maximum atomic E-state index is 12.9. The van der Waals surface area contributed by atoms with E-state index in [1.807, 2.05) is 18.7 Å². The maximum absolute atomic E-state index is 12.9. The Kier molecular flexibility index (Phi) is 5.60. The Balaban J connectivity index is 1.37. The summed E-state index contributed by atoms with van der Waals surface area (Å²) >= 11 is 0.